The van der Waals surface area contributed by atoms with Crippen LogP contribution in [0.2, 0.25) is 0 Å². The van der Waals surface area contributed by atoms with Crippen LogP contribution in [0.4, 0.5) is 0 Å². The maximum Gasteiger partial charge on any atom is 0.217 e. The van der Waals surface area contributed by atoms with Crippen molar-refractivity contribution in [3.63, 3.8) is 0 Å². The van der Waals surface area contributed by atoms with E-state index in [9.17, 15) is 0 Å². The van der Waals surface area contributed by atoms with Crippen LogP contribution in [0.15, 0.2) is 16.5 Å². The largest absolute Gasteiger partial charge is 1.00 e. The summed E-state index contributed by atoms with van der Waals surface area (Å²) in [6.07, 6.45) is 2.27. The van der Waals surface area contributed by atoms with Gasteiger partial charge in [0.1, 0.15) is 0 Å². The molecular weight excluding hydrogens is 277 g/mol. The van der Waals surface area contributed by atoms with Gasteiger partial charge in [-0.1, -0.05) is 0 Å². The monoisotopic (exact) mass is 282 g/mol. The number of furan rings is 1. The summed E-state index contributed by atoms with van der Waals surface area (Å²) >= 11 is 0. The maximum absolute atomic E-state index is 5.16. The molecule has 0 aromatic carbocycles. The molecular formula is C7H7BrO3Zn-. The molecule has 0 unspecified atom stereocenters. The Bertz CT molecular complexity index is 196. The summed E-state index contributed by atoms with van der Waals surface area (Å²) in [4.78, 5) is 0. The second kappa shape index (κ2) is 5.87. The molecule has 63 valence electrons. The van der Waals surface area contributed by atoms with Gasteiger partial charge in [-0.05, 0) is 12.1 Å². The standard InChI is InChI=1S/C7H7O3.BrH.Zn/c1-2-6(8-3-1)7-9-4-5-10-7;;/h1-2,7H,4-5H2;1H;/p-1. The van der Waals surface area contributed by atoms with Gasteiger partial charge in [0, 0.05) is 19.5 Å². The normalized spacial score (nSPS) is 16.7. The summed E-state index contributed by atoms with van der Waals surface area (Å²) in [5.74, 6) is 0.692. The average Bonchev–Trinajstić information content (AvgIpc) is 2.59. The Kier molecular flexibility index (Phi) is 6.01. The molecule has 0 N–H and O–H groups in total. The van der Waals surface area contributed by atoms with Gasteiger partial charge in [-0.25, -0.2) is 0 Å². The molecule has 0 bridgehead atoms. The molecule has 1 radical (unpaired) electrons. The van der Waals surface area contributed by atoms with Gasteiger partial charge in [-0.3, -0.25) is 0 Å². The first-order chi connectivity index (χ1) is 4.97. The SMILES string of the molecule is [Br-].[Zn].[c]1ccc(C2OCCO2)o1. The summed E-state index contributed by atoms with van der Waals surface area (Å²) in [7, 11) is 0. The zero-order chi connectivity index (χ0) is 6.81. The van der Waals surface area contributed by atoms with E-state index in [0.717, 1.165) is 0 Å². The van der Waals surface area contributed by atoms with Crippen molar-refractivity contribution >= 4 is 0 Å². The van der Waals surface area contributed by atoms with E-state index in [1.807, 2.05) is 0 Å². The van der Waals surface area contributed by atoms with E-state index in [1.165, 1.54) is 0 Å². The number of ether oxygens (including phenoxy) is 2. The van der Waals surface area contributed by atoms with Gasteiger partial charge >= 0.3 is 0 Å². The molecule has 1 fully saturated rings. The van der Waals surface area contributed by atoms with Gasteiger partial charge in [0.2, 0.25) is 6.29 Å². The maximum atomic E-state index is 5.16. The second-order valence-corrected chi connectivity index (χ2v) is 2.03. The third-order valence-corrected chi connectivity index (χ3v) is 1.35. The minimum absolute atomic E-state index is 0. The first kappa shape index (κ1) is 12.3. The predicted octanol–water partition coefficient (Wildman–Crippen LogP) is -1.87. The van der Waals surface area contributed by atoms with E-state index >= 15 is 0 Å². The molecule has 1 saturated heterocycles. The number of hydrogen-bond acceptors (Lipinski definition) is 3. The molecule has 0 atom stereocenters. The molecule has 0 saturated carbocycles. The number of hydrogen-bond donors (Lipinski definition) is 0. The third-order valence-electron chi connectivity index (χ3n) is 1.35. The van der Waals surface area contributed by atoms with Crippen LogP contribution in [0.1, 0.15) is 12.1 Å². The summed E-state index contributed by atoms with van der Waals surface area (Å²) in [5, 5.41) is 0. The first-order valence-corrected chi connectivity index (χ1v) is 3.16. The van der Waals surface area contributed by atoms with Gasteiger partial charge in [-0.15, -0.1) is 0 Å². The van der Waals surface area contributed by atoms with Crippen LogP contribution in [-0.4, -0.2) is 13.2 Å². The summed E-state index contributed by atoms with van der Waals surface area (Å²) in [6, 6.07) is 3.48. The summed E-state index contributed by atoms with van der Waals surface area (Å²) < 4.78 is 15.3. The van der Waals surface area contributed by atoms with Crippen LogP contribution in [0.5, 0.6) is 0 Å². The number of rotatable bonds is 1. The summed E-state index contributed by atoms with van der Waals surface area (Å²) in [6.45, 7) is 1.29. The van der Waals surface area contributed by atoms with Crippen LogP contribution in [0.3, 0.4) is 0 Å². The zero-order valence-corrected chi connectivity index (χ0v) is 11.0. The van der Waals surface area contributed by atoms with Crippen LogP contribution in [-0.2, 0) is 29.0 Å². The van der Waals surface area contributed by atoms with Gasteiger partial charge in [0.05, 0.1) is 13.2 Å². The Labute approximate surface area is 93.9 Å². The second-order valence-electron chi connectivity index (χ2n) is 2.03. The first-order valence-electron chi connectivity index (χ1n) is 3.16. The van der Waals surface area contributed by atoms with Crippen molar-refractivity contribution < 1.29 is 50.4 Å². The van der Waals surface area contributed by atoms with Gasteiger partial charge in [-0.2, -0.15) is 0 Å². The van der Waals surface area contributed by atoms with Crippen LogP contribution in [0.25, 0.3) is 0 Å². The molecule has 0 amide bonds. The average molecular weight is 284 g/mol. The van der Waals surface area contributed by atoms with Crippen molar-refractivity contribution in [2.75, 3.05) is 13.2 Å². The molecule has 5 heteroatoms. The van der Waals surface area contributed by atoms with Gasteiger partial charge in [0.15, 0.2) is 12.0 Å². The molecule has 3 nitrogen and oxygen atoms in total. The summed E-state index contributed by atoms with van der Waals surface area (Å²) in [5.41, 5.74) is 0. The fraction of sp³-hybridized carbons (Fsp3) is 0.429. The van der Waals surface area contributed by atoms with Crippen molar-refractivity contribution in [3.8, 4) is 0 Å². The van der Waals surface area contributed by atoms with Crippen molar-refractivity contribution in [1.29, 1.82) is 0 Å². The molecule has 1 aromatic heterocycles. The van der Waals surface area contributed by atoms with Crippen molar-refractivity contribution in [2.45, 2.75) is 6.29 Å². The Morgan fingerprint density at radius 1 is 1.33 bits per heavy atom. The van der Waals surface area contributed by atoms with E-state index in [0.29, 0.717) is 19.0 Å². The fourth-order valence-electron chi connectivity index (χ4n) is 0.902. The van der Waals surface area contributed by atoms with Crippen molar-refractivity contribution in [3.05, 3.63) is 24.2 Å². The van der Waals surface area contributed by atoms with E-state index in [2.05, 4.69) is 6.26 Å². The zero-order valence-electron chi connectivity index (χ0n) is 6.46. The topological polar surface area (TPSA) is 31.6 Å². The van der Waals surface area contributed by atoms with E-state index in [1.54, 1.807) is 12.1 Å². The van der Waals surface area contributed by atoms with Crippen LogP contribution in [0, 0.1) is 6.26 Å². The Morgan fingerprint density at radius 3 is 2.50 bits per heavy atom. The van der Waals surface area contributed by atoms with Crippen LogP contribution >= 0.6 is 0 Å². The van der Waals surface area contributed by atoms with Crippen molar-refractivity contribution in [2.24, 2.45) is 0 Å². The third kappa shape index (κ3) is 2.66. The van der Waals surface area contributed by atoms with Crippen molar-refractivity contribution in [1.82, 2.24) is 0 Å². The molecule has 1 aliphatic rings. The minimum atomic E-state index is -0.300. The van der Waals surface area contributed by atoms with Crippen LogP contribution < -0.4 is 17.0 Å². The Balaban J connectivity index is 0.000000605. The van der Waals surface area contributed by atoms with Gasteiger partial charge < -0.3 is 30.9 Å². The molecule has 0 spiro atoms. The number of halogens is 1. The predicted molar refractivity (Wildman–Crippen MR) is 32.2 cm³/mol. The van der Waals surface area contributed by atoms with E-state index in [4.69, 9.17) is 13.9 Å². The van der Waals surface area contributed by atoms with E-state index in [-0.39, 0.29) is 42.7 Å². The Hall–Kier alpha value is 0.303. The molecule has 2 rings (SSSR count). The van der Waals surface area contributed by atoms with E-state index < -0.39 is 0 Å². The molecule has 12 heavy (non-hydrogen) atoms. The smallest absolute Gasteiger partial charge is 0.217 e. The molecule has 0 aliphatic carbocycles. The Morgan fingerprint density at radius 2 is 2.00 bits per heavy atom. The molecule has 1 aromatic rings. The molecule has 1 aliphatic heterocycles. The molecule has 2 heterocycles. The quantitative estimate of drug-likeness (QED) is 0.566. The van der Waals surface area contributed by atoms with Gasteiger partial charge in [0.25, 0.3) is 0 Å². The minimum Gasteiger partial charge on any atom is -1.00 e. The fourth-order valence-corrected chi connectivity index (χ4v) is 0.902.